The first kappa shape index (κ1) is 23.9. The zero-order valence-corrected chi connectivity index (χ0v) is 16.3. The molecule has 0 rings (SSSR count). The lowest BCUT2D eigenvalue weighted by molar-refractivity contribution is -0.161. The Balaban J connectivity index is 3.62. The maximum absolute atomic E-state index is 11.8. The summed E-state index contributed by atoms with van der Waals surface area (Å²) in [4.78, 5) is 23.2. The number of ether oxygens (including phenoxy) is 2. The molecule has 25 heavy (non-hydrogen) atoms. The average molecular weight is 359 g/mol. The molecule has 0 bridgehead atoms. The van der Waals surface area contributed by atoms with E-state index in [2.05, 4.69) is 6.92 Å². The number of hydrogen-bond acceptors (Lipinski definition) is 5. The highest BCUT2D eigenvalue weighted by Crippen LogP contribution is 2.11. The molecule has 0 radical (unpaired) electrons. The van der Waals surface area contributed by atoms with Crippen LogP contribution >= 0.6 is 0 Å². The Morgan fingerprint density at radius 1 is 0.760 bits per heavy atom. The normalized spacial score (nSPS) is 12.0. The van der Waals surface area contributed by atoms with E-state index in [1.54, 1.807) is 0 Å². The molecular weight excluding hydrogens is 320 g/mol. The standard InChI is InChI=1S/C20H38O5/c1-3-5-7-8-9-10-11-12-13-15-20(23)25-18(16-21)17-24-19(22)14-6-4-2/h18,21H,3-17H2,1-2H3. The number of aliphatic hydroxyl groups is 1. The molecule has 0 aromatic heterocycles. The van der Waals surface area contributed by atoms with E-state index < -0.39 is 6.10 Å². The second kappa shape index (κ2) is 17.7. The maximum atomic E-state index is 11.8. The third kappa shape index (κ3) is 16.1. The number of aliphatic hydroxyl groups excluding tert-OH is 1. The van der Waals surface area contributed by atoms with Crippen molar-refractivity contribution in [2.75, 3.05) is 13.2 Å². The van der Waals surface area contributed by atoms with Crippen molar-refractivity contribution < 1.29 is 24.2 Å². The minimum Gasteiger partial charge on any atom is -0.462 e. The molecule has 5 heteroatoms. The van der Waals surface area contributed by atoms with E-state index in [1.807, 2.05) is 6.92 Å². The second-order valence-corrected chi connectivity index (χ2v) is 6.66. The van der Waals surface area contributed by atoms with Gasteiger partial charge in [-0.1, -0.05) is 71.6 Å². The minimum atomic E-state index is -0.753. The van der Waals surface area contributed by atoms with Crippen LogP contribution in [0.3, 0.4) is 0 Å². The third-order valence-corrected chi connectivity index (χ3v) is 4.15. The van der Waals surface area contributed by atoms with Gasteiger partial charge < -0.3 is 14.6 Å². The lowest BCUT2D eigenvalue weighted by atomic mass is 10.1. The van der Waals surface area contributed by atoms with Crippen molar-refractivity contribution >= 4 is 11.9 Å². The lowest BCUT2D eigenvalue weighted by Gasteiger charge is -2.15. The minimum absolute atomic E-state index is 0.0669. The van der Waals surface area contributed by atoms with Crippen molar-refractivity contribution in [2.45, 2.75) is 103 Å². The van der Waals surface area contributed by atoms with E-state index in [1.165, 1.54) is 38.5 Å². The molecule has 0 spiro atoms. The van der Waals surface area contributed by atoms with E-state index in [0.29, 0.717) is 12.8 Å². The Morgan fingerprint density at radius 2 is 1.28 bits per heavy atom. The highest BCUT2D eigenvalue weighted by molar-refractivity contribution is 5.70. The second-order valence-electron chi connectivity index (χ2n) is 6.66. The number of esters is 2. The summed E-state index contributed by atoms with van der Waals surface area (Å²) in [5.74, 6) is -0.637. The molecule has 0 aliphatic carbocycles. The van der Waals surface area contributed by atoms with Crippen LogP contribution < -0.4 is 0 Å². The van der Waals surface area contributed by atoms with Crippen LogP contribution in [0.1, 0.15) is 97.3 Å². The van der Waals surface area contributed by atoms with Crippen molar-refractivity contribution in [1.82, 2.24) is 0 Å². The van der Waals surface area contributed by atoms with Crippen LogP contribution in [0, 0.1) is 0 Å². The van der Waals surface area contributed by atoms with E-state index in [-0.39, 0.29) is 25.2 Å². The molecule has 148 valence electrons. The average Bonchev–Trinajstić information content (AvgIpc) is 2.61. The van der Waals surface area contributed by atoms with E-state index >= 15 is 0 Å². The van der Waals surface area contributed by atoms with E-state index in [9.17, 15) is 14.7 Å². The van der Waals surface area contributed by atoms with Crippen LogP contribution in [-0.2, 0) is 19.1 Å². The van der Waals surface area contributed by atoms with Gasteiger partial charge in [0.1, 0.15) is 6.61 Å². The number of unbranched alkanes of at least 4 members (excludes halogenated alkanes) is 9. The summed E-state index contributed by atoms with van der Waals surface area (Å²) in [6.07, 6.45) is 12.4. The van der Waals surface area contributed by atoms with Gasteiger partial charge in [-0.05, 0) is 12.8 Å². The molecular formula is C20H38O5. The van der Waals surface area contributed by atoms with Gasteiger partial charge in [-0.3, -0.25) is 9.59 Å². The van der Waals surface area contributed by atoms with Gasteiger partial charge in [0.05, 0.1) is 6.61 Å². The summed E-state index contributed by atoms with van der Waals surface area (Å²) in [6.45, 7) is 3.82. The summed E-state index contributed by atoms with van der Waals surface area (Å²) in [6, 6.07) is 0. The number of hydrogen-bond donors (Lipinski definition) is 1. The van der Waals surface area contributed by atoms with Gasteiger partial charge in [-0.15, -0.1) is 0 Å². The van der Waals surface area contributed by atoms with Crippen molar-refractivity contribution in [3.8, 4) is 0 Å². The van der Waals surface area contributed by atoms with Crippen molar-refractivity contribution in [3.05, 3.63) is 0 Å². The maximum Gasteiger partial charge on any atom is 0.306 e. The molecule has 0 aromatic rings. The molecule has 1 unspecified atom stereocenters. The highest BCUT2D eigenvalue weighted by atomic mass is 16.6. The Hall–Kier alpha value is -1.10. The summed E-state index contributed by atoms with van der Waals surface area (Å²) in [5, 5.41) is 9.23. The van der Waals surface area contributed by atoms with Gasteiger partial charge in [0.25, 0.3) is 0 Å². The Morgan fingerprint density at radius 3 is 1.84 bits per heavy atom. The first-order valence-electron chi connectivity index (χ1n) is 10.1. The molecule has 0 saturated heterocycles. The fourth-order valence-electron chi connectivity index (χ4n) is 2.53. The smallest absolute Gasteiger partial charge is 0.306 e. The third-order valence-electron chi connectivity index (χ3n) is 4.15. The summed E-state index contributed by atoms with van der Waals surface area (Å²) >= 11 is 0. The molecule has 0 aliphatic rings. The molecule has 0 fully saturated rings. The molecule has 0 amide bonds. The molecule has 0 heterocycles. The molecule has 0 aromatic carbocycles. The van der Waals surface area contributed by atoms with Gasteiger partial charge in [-0.2, -0.15) is 0 Å². The SMILES string of the molecule is CCCCCCCCCCCC(=O)OC(CO)COC(=O)CCCC. The predicted molar refractivity (Wildman–Crippen MR) is 99.3 cm³/mol. The quantitative estimate of drug-likeness (QED) is 0.305. The topological polar surface area (TPSA) is 72.8 Å². The fraction of sp³-hybridized carbons (Fsp3) is 0.900. The summed E-state index contributed by atoms with van der Waals surface area (Å²) in [5.41, 5.74) is 0. The molecule has 0 aliphatic heterocycles. The number of carbonyl (C=O) groups is 2. The van der Waals surface area contributed by atoms with Crippen LogP contribution in [0.15, 0.2) is 0 Å². The van der Waals surface area contributed by atoms with E-state index in [4.69, 9.17) is 9.47 Å². The fourth-order valence-corrected chi connectivity index (χ4v) is 2.53. The summed E-state index contributed by atoms with van der Waals surface area (Å²) in [7, 11) is 0. The summed E-state index contributed by atoms with van der Waals surface area (Å²) < 4.78 is 10.2. The monoisotopic (exact) mass is 358 g/mol. The lowest BCUT2D eigenvalue weighted by Crippen LogP contribution is -2.28. The molecule has 1 N–H and O–H groups in total. The van der Waals surface area contributed by atoms with Gasteiger partial charge in [0, 0.05) is 12.8 Å². The largest absolute Gasteiger partial charge is 0.462 e. The molecule has 0 saturated carbocycles. The van der Waals surface area contributed by atoms with Gasteiger partial charge in [-0.25, -0.2) is 0 Å². The van der Waals surface area contributed by atoms with Gasteiger partial charge >= 0.3 is 11.9 Å². The number of carbonyl (C=O) groups excluding carboxylic acids is 2. The van der Waals surface area contributed by atoms with E-state index in [0.717, 1.165) is 32.1 Å². The van der Waals surface area contributed by atoms with Crippen molar-refractivity contribution in [3.63, 3.8) is 0 Å². The zero-order valence-electron chi connectivity index (χ0n) is 16.3. The Kier molecular flexibility index (Phi) is 16.9. The molecule has 5 nitrogen and oxygen atoms in total. The van der Waals surface area contributed by atoms with Crippen LogP contribution in [0.5, 0.6) is 0 Å². The van der Waals surface area contributed by atoms with Crippen LogP contribution in [-0.4, -0.2) is 36.4 Å². The van der Waals surface area contributed by atoms with Crippen LogP contribution in [0.4, 0.5) is 0 Å². The zero-order chi connectivity index (χ0) is 18.8. The highest BCUT2D eigenvalue weighted by Gasteiger charge is 2.15. The van der Waals surface area contributed by atoms with Gasteiger partial charge in [0.2, 0.25) is 0 Å². The van der Waals surface area contributed by atoms with Gasteiger partial charge in [0.15, 0.2) is 6.10 Å². The first-order valence-corrected chi connectivity index (χ1v) is 10.1. The Labute approximate surface area is 153 Å². The predicted octanol–water partition coefficient (Wildman–Crippen LogP) is 4.54. The Bertz CT molecular complexity index is 330. The first-order chi connectivity index (χ1) is 12.1. The van der Waals surface area contributed by atoms with Crippen LogP contribution in [0.2, 0.25) is 0 Å². The molecule has 1 atom stereocenters. The van der Waals surface area contributed by atoms with Crippen molar-refractivity contribution in [2.24, 2.45) is 0 Å². The number of rotatable bonds is 17. The van der Waals surface area contributed by atoms with Crippen LogP contribution in [0.25, 0.3) is 0 Å². The van der Waals surface area contributed by atoms with Crippen molar-refractivity contribution in [1.29, 1.82) is 0 Å².